The van der Waals surface area contributed by atoms with Crippen LogP contribution in [-0.2, 0) is 11.2 Å². The van der Waals surface area contributed by atoms with Crippen molar-refractivity contribution in [2.24, 2.45) is 0 Å². The summed E-state index contributed by atoms with van der Waals surface area (Å²) in [4.78, 5) is 20.0. The summed E-state index contributed by atoms with van der Waals surface area (Å²) in [6.07, 6.45) is 5.03. The number of aliphatic hydroxyl groups is 1. The summed E-state index contributed by atoms with van der Waals surface area (Å²) in [6, 6.07) is 15.3. The molecular formula is C22H25N3O4. The van der Waals surface area contributed by atoms with Crippen LogP contribution in [0.1, 0.15) is 60.1 Å². The van der Waals surface area contributed by atoms with Gasteiger partial charge in [-0.15, -0.1) is 0 Å². The van der Waals surface area contributed by atoms with E-state index in [4.69, 9.17) is 4.52 Å². The van der Waals surface area contributed by atoms with E-state index >= 15 is 0 Å². The number of carbonyl (C=O) groups excluding carboxylic acids is 1. The number of pyridine rings is 1. The van der Waals surface area contributed by atoms with E-state index in [-0.39, 0.29) is 17.4 Å². The van der Waals surface area contributed by atoms with E-state index in [1.165, 1.54) is 12.7 Å². The molecule has 0 spiro atoms. The predicted octanol–water partition coefficient (Wildman–Crippen LogP) is 4.14. The molecule has 0 saturated heterocycles. The Balaban J connectivity index is 1.44. The molecule has 2 aromatic heterocycles. The molecule has 152 valence electrons. The quantitative estimate of drug-likeness (QED) is 0.407. The fraction of sp³-hybridized carbons (Fsp3) is 0.364. The van der Waals surface area contributed by atoms with E-state index < -0.39 is 12.1 Å². The molecule has 0 bridgehead atoms. The Hall–Kier alpha value is -3.06. The Bertz CT molecular complexity index is 911. The number of carbonyl (C=O) groups is 1. The molecule has 3 rings (SSSR count). The third-order valence-electron chi connectivity index (χ3n) is 4.64. The van der Waals surface area contributed by atoms with Gasteiger partial charge in [0.1, 0.15) is 17.5 Å². The average Bonchev–Trinajstić information content (AvgIpc) is 3.27. The highest BCUT2D eigenvalue weighted by atomic mass is 16.5. The topological polar surface area (TPSA) is 98.3 Å². The molecule has 1 unspecified atom stereocenters. The summed E-state index contributed by atoms with van der Waals surface area (Å²) in [7, 11) is 1.29. The smallest absolute Gasteiger partial charge is 0.356 e. The Morgan fingerprint density at radius 2 is 1.83 bits per heavy atom. The van der Waals surface area contributed by atoms with Crippen LogP contribution in [0.2, 0.25) is 0 Å². The third kappa shape index (κ3) is 5.96. The number of rotatable bonds is 10. The van der Waals surface area contributed by atoms with Gasteiger partial charge in [-0.1, -0.05) is 60.8 Å². The van der Waals surface area contributed by atoms with Gasteiger partial charge in [0.15, 0.2) is 0 Å². The van der Waals surface area contributed by atoms with E-state index in [0.29, 0.717) is 12.1 Å². The van der Waals surface area contributed by atoms with Gasteiger partial charge in [-0.2, -0.15) is 4.98 Å². The van der Waals surface area contributed by atoms with Crippen molar-refractivity contribution < 1.29 is 19.2 Å². The first-order valence-electron chi connectivity index (χ1n) is 9.78. The molecular weight excluding hydrogens is 370 g/mol. The highest BCUT2D eigenvalue weighted by Crippen LogP contribution is 2.21. The number of aliphatic hydroxyl groups excluding tert-OH is 1. The van der Waals surface area contributed by atoms with Crippen LogP contribution >= 0.6 is 0 Å². The van der Waals surface area contributed by atoms with Crippen molar-refractivity contribution in [1.29, 1.82) is 0 Å². The fourth-order valence-corrected chi connectivity index (χ4v) is 3.04. The lowest BCUT2D eigenvalue weighted by molar-refractivity contribution is 0.0594. The lowest BCUT2D eigenvalue weighted by Crippen LogP contribution is -2.04. The zero-order chi connectivity index (χ0) is 20.5. The first kappa shape index (κ1) is 20.7. The van der Waals surface area contributed by atoms with Crippen LogP contribution in [0, 0.1) is 0 Å². The Kier molecular flexibility index (Phi) is 7.47. The number of nitrogens with zero attached hydrogens (tertiary/aromatic N) is 3. The predicted molar refractivity (Wildman–Crippen MR) is 107 cm³/mol. The van der Waals surface area contributed by atoms with Gasteiger partial charge in [0.05, 0.1) is 7.11 Å². The molecule has 0 aliphatic carbocycles. The summed E-state index contributed by atoms with van der Waals surface area (Å²) in [6.45, 7) is 0. The largest absolute Gasteiger partial charge is 0.464 e. The van der Waals surface area contributed by atoms with Crippen molar-refractivity contribution in [3.63, 3.8) is 0 Å². The fourth-order valence-electron chi connectivity index (χ4n) is 3.04. The number of aryl methyl sites for hydroxylation is 1. The minimum absolute atomic E-state index is 0.154. The minimum atomic E-state index is -0.787. The van der Waals surface area contributed by atoms with Crippen LogP contribution in [0.25, 0.3) is 11.6 Å². The number of methoxy groups -OCH3 is 1. The number of benzene rings is 1. The lowest BCUT2D eigenvalue weighted by Gasteiger charge is -2.06. The van der Waals surface area contributed by atoms with Gasteiger partial charge < -0.3 is 14.4 Å². The SMILES string of the molecule is COC(=O)c1cccc(-c2nc(C(O)CCCCCCc3ccccc3)no2)n1. The second-order valence-corrected chi connectivity index (χ2v) is 6.81. The standard InChI is InChI=1S/C22H25N3O4/c1-28-22(27)18-14-9-13-17(23-18)21-24-20(25-29-21)19(26)15-8-3-2-5-10-16-11-6-4-7-12-16/h4,6-7,9,11-14,19,26H,2-3,5,8,10,15H2,1H3. The molecule has 0 aliphatic heterocycles. The molecule has 0 amide bonds. The van der Waals surface area contributed by atoms with Gasteiger partial charge in [-0.3, -0.25) is 0 Å². The van der Waals surface area contributed by atoms with Gasteiger partial charge in [-0.25, -0.2) is 9.78 Å². The van der Waals surface area contributed by atoms with E-state index in [2.05, 4.69) is 44.1 Å². The number of aromatic nitrogens is 3. The molecule has 2 heterocycles. The second-order valence-electron chi connectivity index (χ2n) is 6.81. The maximum Gasteiger partial charge on any atom is 0.356 e. The third-order valence-corrected chi connectivity index (χ3v) is 4.64. The highest BCUT2D eigenvalue weighted by Gasteiger charge is 2.18. The first-order chi connectivity index (χ1) is 14.2. The normalized spacial score (nSPS) is 11.9. The van der Waals surface area contributed by atoms with Gasteiger partial charge in [0, 0.05) is 0 Å². The van der Waals surface area contributed by atoms with Crippen molar-refractivity contribution in [2.45, 2.75) is 44.6 Å². The maximum atomic E-state index is 11.6. The van der Waals surface area contributed by atoms with Crippen molar-refractivity contribution >= 4 is 5.97 Å². The zero-order valence-electron chi connectivity index (χ0n) is 16.5. The molecule has 0 aliphatic rings. The second kappa shape index (κ2) is 10.5. The highest BCUT2D eigenvalue weighted by molar-refractivity contribution is 5.87. The monoisotopic (exact) mass is 395 g/mol. The van der Waals surface area contributed by atoms with Crippen LogP contribution in [0.5, 0.6) is 0 Å². The molecule has 3 aromatic rings. The molecule has 7 nitrogen and oxygen atoms in total. The van der Waals surface area contributed by atoms with E-state index in [1.807, 2.05) is 6.07 Å². The molecule has 0 saturated carbocycles. The number of ether oxygens (including phenoxy) is 1. The van der Waals surface area contributed by atoms with Crippen LogP contribution < -0.4 is 0 Å². The molecule has 0 fully saturated rings. The number of esters is 1. The number of hydrogen-bond donors (Lipinski definition) is 1. The Morgan fingerprint density at radius 3 is 2.62 bits per heavy atom. The summed E-state index contributed by atoms with van der Waals surface area (Å²) in [5, 5.41) is 14.2. The molecule has 1 atom stereocenters. The van der Waals surface area contributed by atoms with Crippen molar-refractivity contribution in [3.8, 4) is 11.6 Å². The molecule has 1 N–H and O–H groups in total. The van der Waals surface area contributed by atoms with Crippen LogP contribution in [0.15, 0.2) is 53.1 Å². The summed E-state index contributed by atoms with van der Waals surface area (Å²) < 4.78 is 9.86. The molecule has 1 aromatic carbocycles. The zero-order valence-corrected chi connectivity index (χ0v) is 16.5. The summed E-state index contributed by atoms with van der Waals surface area (Å²) in [5.74, 6) is -0.152. The first-order valence-corrected chi connectivity index (χ1v) is 9.78. The van der Waals surface area contributed by atoms with Gasteiger partial charge in [0.2, 0.25) is 5.82 Å². The molecule has 29 heavy (non-hydrogen) atoms. The summed E-state index contributed by atoms with van der Waals surface area (Å²) in [5.41, 5.74) is 1.87. The van der Waals surface area contributed by atoms with Gasteiger partial charge in [0.25, 0.3) is 5.89 Å². The van der Waals surface area contributed by atoms with Crippen LogP contribution in [0.3, 0.4) is 0 Å². The van der Waals surface area contributed by atoms with E-state index in [1.54, 1.807) is 18.2 Å². The molecule has 0 radical (unpaired) electrons. The van der Waals surface area contributed by atoms with E-state index in [9.17, 15) is 9.90 Å². The van der Waals surface area contributed by atoms with Crippen LogP contribution in [-0.4, -0.2) is 33.3 Å². The van der Waals surface area contributed by atoms with Crippen LogP contribution in [0.4, 0.5) is 0 Å². The van der Waals surface area contributed by atoms with Crippen molar-refractivity contribution in [3.05, 3.63) is 65.6 Å². The van der Waals surface area contributed by atoms with Crippen molar-refractivity contribution in [1.82, 2.24) is 15.1 Å². The van der Waals surface area contributed by atoms with E-state index in [0.717, 1.165) is 32.1 Å². The van der Waals surface area contributed by atoms with Gasteiger partial charge >= 0.3 is 5.97 Å². The average molecular weight is 395 g/mol. The molecule has 7 heteroatoms. The number of unbranched alkanes of at least 4 members (excludes halogenated alkanes) is 3. The number of hydrogen-bond acceptors (Lipinski definition) is 7. The van der Waals surface area contributed by atoms with Gasteiger partial charge in [-0.05, 0) is 37.0 Å². The Labute approximate surface area is 169 Å². The summed E-state index contributed by atoms with van der Waals surface area (Å²) >= 11 is 0. The van der Waals surface area contributed by atoms with Crippen molar-refractivity contribution in [2.75, 3.05) is 7.11 Å². The minimum Gasteiger partial charge on any atom is -0.464 e. The Morgan fingerprint density at radius 1 is 1.03 bits per heavy atom. The maximum absolute atomic E-state index is 11.6. The lowest BCUT2D eigenvalue weighted by atomic mass is 10.0.